The molecule has 1 aromatic heterocycles. The number of fused-ring (bicyclic) bond motifs is 1. The third-order valence-electron chi connectivity index (χ3n) is 4.67. The highest BCUT2D eigenvalue weighted by Crippen LogP contribution is 2.23. The van der Waals surface area contributed by atoms with Gasteiger partial charge in [-0.05, 0) is 31.6 Å². The quantitative estimate of drug-likeness (QED) is 0.552. The van der Waals surface area contributed by atoms with Gasteiger partial charge in [-0.15, -0.1) is 0 Å². The molecule has 1 saturated carbocycles. The van der Waals surface area contributed by atoms with E-state index in [1.165, 1.54) is 25.7 Å². The fraction of sp³-hybridized carbons (Fsp3) is 0.667. The number of nitrogens with zero attached hydrogens (tertiary/aromatic N) is 3. The van der Waals surface area contributed by atoms with E-state index in [0.29, 0.717) is 30.0 Å². The van der Waals surface area contributed by atoms with Crippen molar-refractivity contribution in [3.05, 3.63) is 17.5 Å². The Labute approximate surface area is 130 Å². The first-order chi connectivity index (χ1) is 10.6. The summed E-state index contributed by atoms with van der Waals surface area (Å²) in [6, 6.07) is 0.484. The highest BCUT2D eigenvalue weighted by atomic mass is 16.1. The average molecular weight is 304 g/mol. The minimum atomic E-state index is -0.409. The Morgan fingerprint density at radius 1 is 1.36 bits per heavy atom. The van der Waals surface area contributed by atoms with Crippen LogP contribution >= 0.6 is 0 Å². The molecule has 2 aliphatic rings. The molecule has 3 rings (SSSR count). The fourth-order valence-electron chi connectivity index (χ4n) is 3.41. The van der Waals surface area contributed by atoms with Crippen LogP contribution in [0.25, 0.3) is 0 Å². The summed E-state index contributed by atoms with van der Waals surface area (Å²) >= 11 is 0. The number of hydrogen-bond donors (Lipinski definition) is 3. The highest BCUT2D eigenvalue weighted by molar-refractivity contribution is 5.93. The van der Waals surface area contributed by atoms with Crippen molar-refractivity contribution in [2.45, 2.75) is 51.1 Å². The summed E-state index contributed by atoms with van der Waals surface area (Å²) in [5.74, 6) is 0.514. The van der Waals surface area contributed by atoms with E-state index in [4.69, 9.17) is 11.5 Å². The molecule has 1 aromatic rings. The van der Waals surface area contributed by atoms with Gasteiger partial charge >= 0.3 is 0 Å². The monoisotopic (exact) mass is 304 g/mol. The van der Waals surface area contributed by atoms with Crippen molar-refractivity contribution in [3.63, 3.8) is 0 Å². The van der Waals surface area contributed by atoms with Crippen LogP contribution in [0.2, 0.25) is 0 Å². The number of carbonyl (C=O) groups is 1. The molecule has 1 unspecified atom stereocenters. The molecule has 1 fully saturated rings. The number of nitrogens with one attached hydrogen (secondary N) is 1. The Bertz CT molecular complexity index is 573. The molecular formula is C15H24N6O. The number of aliphatic imine (C=N–C) groups is 1. The molecule has 1 aliphatic heterocycles. The van der Waals surface area contributed by atoms with Crippen LogP contribution in [-0.4, -0.2) is 34.2 Å². The molecule has 0 aromatic carbocycles. The number of amides is 1. The van der Waals surface area contributed by atoms with Gasteiger partial charge in [-0.3, -0.25) is 14.5 Å². The largest absolute Gasteiger partial charge is 0.370 e. The maximum absolute atomic E-state index is 11.4. The van der Waals surface area contributed by atoms with E-state index < -0.39 is 5.91 Å². The molecule has 7 nitrogen and oxygen atoms in total. The van der Waals surface area contributed by atoms with Gasteiger partial charge in [-0.1, -0.05) is 12.8 Å². The minimum absolute atomic E-state index is 0.381. The van der Waals surface area contributed by atoms with Crippen LogP contribution in [0.1, 0.15) is 48.2 Å². The van der Waals surface area contributed by atoms with E-state index >= 15 is 0 Å². The molecule has 0 radical (unpaired) electrons. The number of primary amides is 1. The summed E-state index contributed by atoms with van der Waals surface area (Å²) in [6.45, 7) is 1.48. The molecule has 0 bridgehead atoms. The molecular weight excluding hydrogens is 280 g/mol. The Balaban J connectivity index is 1.57. The van der Waals surface area contributed by atoms with E-state index in [-0.39, 0.29) is 0 Å². The predicted molar refractivity (Wildman–Crippen MR) is 84.4 cm³/mol. The minimum Gasteiger partial charge on any atom is -0.370 e. The summed E-state index contributed by atoms with van der Waals surface area (Å²) < 4.78 is 1.88. The van der Waals surface area contributed by atoms with E-state index in [0.717, 1.165) is 25.1 Å². The van der Waals surface area contributed by atoms with Crippen LogP contribution in [0.5, 0.6) is 0 Å². The van der Waals surface area contributed by atoms with Crippen molar-refractivity contribution in [1.82, 2.24) is 15.1 Å². The SMILES string of the molecule is NC(=O)c1cnn2c1CC(CN=C(N)NC1CCCC1)CC2. The number of rotatable bonds is 4. The van der Waals surface area contributed by atoms with E-state index in [1.807, 2.05) is 4.68 Å². The first-order valence-corrected chi connectivity index (χ1v) is 8.04. The summed E-state index contributed by atoms with van der Waals surface area (Å²) in [7, 11) is 0. The van der Waals surface area contributed by atoms with Gasteiger partial charge in [0.15, 0.2) is 5.96 Å². The van der Waals surface area contributed by atoms with Crippen LogP contribution in [0.15, 0.2) is 11.2 Å². The van der Waals surface area contributed by atoms with Gasteiger partial charge in [-0.25, -0.2) is 0 Å². The number of carbonyl (C=O) groups excluding carboxylic acids is 1. The molecule has 2 heterocycles. The van der Waals surface area contributed by atoms with Gasteiger partial charge in [0.05, 0.1) is 17.5 Å². The lowest BCUT2D eigenvalue weighted by molar-refractivity contribution is 0.0998. The third-order valence-corrected chi connectivity index (χ3v) is 4.67. The maximum atomic E-state index is 11.4. The van der Waals surface area contributed by atoms with Crippen LogP contribution in [0.4, 0.5) is 0 Å². The number of aryl methyl sites for hydroxylation is 1. The second kappa shape index (κ2) is 6.37. The summed E-state index contributed by atoms with van der Waals surface area (Å²) in [5, 5.41) is 7.52. The lowest BCUT2D eigenvalue weighted by Crippen LogP contribution is -2.39. The van der Waals surface area contributed by atoms with Gasteiger partial charge in [0.2, 0.25) is 0 Å². The zero-order valence-electron chi connectivity index (χ0n) is 12.8. The summed E-state index contributed by atoms with van der Waals surface area (Å²) in [5.41, 5.74) is 12.8. The molecule has 1 atom stereocenters. The van der Waals surface area contributed by atoms with Gasteiger partial charge < -0.3 is 16.8 Å². The van der Waals surface area contributed by atoms with E-state index in [9.17, 15) is 4.79 Å². The number of guanidine groups is 1. The number of aromatic nitrogens is 2. The topological polar surface area (TPSA) is 111 Å². The van der Waals surface area contributed by atoms with Crippen LogP contribution < -0.4 is 16.8 Å². The van der Waals surface area contributed by atoms with Crippen molar-refractivity contribution >= 4 is 11.9 Å². The Kier molecular flexibility index (Phi) is 4.31. The van der Waals surface area contributed by atoms with Crippen molar-refractivity contribution in [2.24, 2.45) is 22.4 Å². The molecule has 22 heavy (non-hydrogen) atoms. The smallest absolute Gasteiger partial charge is 0.252 e. The van der Waals surface area contributed by atoms with Crippen molar-refractivity contribution < 1.29 is 4.79 Å². The maximum Gasteiger partial charge on any atom is 0.252 e. The summed E-state index contributed by atoms with van der Waals surface area (Å²) in [4.78, 5) is 15.9. The van der Waals surface area contributed by atoms with Crippen LogP contribution in [-0.2, 0) is 13.0 Å². The third kappa shape index (κ3) is 3.23. The standard InChI is InChI=1S/C15H24N6O/c16-14(22)12-9-19-21-6-5-10(7-13(12)21)8-18-15(17)20-11-3-1-2-4-11/h9-11H,1-8H2,(H2,16,22)(H3,17,18,20). The molecule has 5 N–H and O–H groups in total. The van der Waals surface area contributed by atoms with E-state index in [1.54, 1.807) is 6.20 Å². The first kappa shape index (κ1) is 14.9. The lowest BCUT2D eigenvalue weighted by Gasteiger charge is -2.23. The normalized spacial score (nSPS) is 22.5. The van der Waals surface area contributed by atoms with Gasteiger partial charge in [0.25, 0.3) is 5.91 Å². The van der Waals surface area contributed by atoms with Gasteiger partial charge in [-0.2, -0.15) is 5.10 Å². The second-order valence-corrected chi connectivity index (χ2v) is 6.30. The van der Waals surface area contributed by atoms with Gasteiger partial charge in [0.1, 0.15) is 0 Å². The molecule has 1 aliphatic carbocycles. The van der Waals surface area contributed by atoms with Crippen molar-refractivity contribution in [3.8, 4) is 0 Å². The number of nitrogens with two attached hydrogens (primary N) is 2. The van der Waals surface area contributed by atoms with Crippen molar-refractivity contribution in [1.29, 1.82) is 0 Å². The zero-order chi connectivity index (χ0) is 15.5. The Hall–Kier alpha value is -2.05. The summed E-state index contributed by atoms with van der Waals surface area (Å²) in [6.07, 6.45) is 8.24. The molecule has 7 heteroatoms. The highest BCUT2D eigenvalue weighted by Gasteiger charge is 2.24. The zero-order valence-corrected chi connectivity index (χ0v) is 12.8. The average Bonchev–Trinajstić information content (AvgIpc) is 3.13. The Morgan fingerprint density at radius 3 is 2.86 bits per heavy atom. The lowest BCUT2D eigenvalue weighted by atomic mass is 9.94. The van der Waals surface area contributed by atoms with Crippen LogP contribution in [0.3, 0.4) is 0 Å². The first-order valence-electron chi connectivity index (χ1n) is 8.04. The van der Waals surface area contributed by atoms with E-state index in [2.05, 4.69) is 15.4 Å². The molecule has 120 valence electrons. The second-order valence-electron chi connectivity index (χ2n) is 6.30. The molecule has 0 saturated heterocycles. The number of hydrogen-bond acceptors (Lipinski definition) is 3. The molecule has 0 spiro atoms. The molecule has 1 amide bonds. The fourth-order valence-corrected chi connectivity index (χ4v) is 3.41. The van der Waals surface area contributed by atoms with Crippen molar-refractivity contribution in [2.75, 3.05) is 6.54 Å². The van der Waals surface area contributed by atoms with Gasteiger partial charge in [0, 0.05) is 19.1 Å². The van der Waals surface area contributed by atoms with Crippen LogP contribution in [0, 0.1) is 5.92 Å². The Morgan fingerprint density at radius 2 is 2.14 bits per heavy atom. The predicted octanol–water partition coefficient (Wildman–Crippen LogP) is 0.391.